The van der Waals surface area contributed by atoms with E-state index in [0.717, 1.165) is 0 Å². The van der Waals surface area contributed by atoms with Gasteiger partial charge in [0.05, 0.1) is 5.56 Å². The van der Waals surface area contributed by atoms with Crippen molar-refractivity contribution < 1.29 is 19.1 Å². The van der Waals surface area contributed by atoms with E-state index in [1.54, 1.807) is 48.5 Å². The zero-order valence-electron chi connectivity index (χ0n) is 16.4. The minimum Gasteiger partial charge on any atom is -0.449 e. The molecule has 29 heavy (non-hydrogen) atoms. The van der Waals surface area contributed by atoms with Gasteiger partial charge in [-0.15, -0.1) is 0 Å². The molecule has 9 heteroatoms. The van der Waals surface area contributed by atoms with Crippen molar-refractivity contribution in [3.8, 4) is 0 Å². The molecule has 0 aliphatic carbocycles. The number of carbonyl (C=O) groups excluding carboxylic acids is 3. The molecular weight excluding hydrogens is 374 g/mol. The summed E-state index contributed by atoms with van der Waals surface area (Å²) in [7, 11) is 0. The van der Waals surface area contributed by atoms with Gasteiger partial charge in [-0.25, -0.2) is 14.8 Å². The molecule has 0 spiro atoms. The van der Waals surface area contributed by atoms with Gasteiger partial charge in [0, 0.05) is 51.2 Å². The van der Waals surface area contributed by atoms with Gasteiger partial charge in [0.25, 0.3) is 5.91 Å². The molecule has 9 nitrogen and oxygen atoms in total. The van der Waals surface area contributed by atoms with Gasteiger partial charge in [-0.3, -0.25) is 9.59 Å². The Morgan fingerprint density at radius 2 is 1.76 bits per heavy atom. The Hall–Kier alpha value is -3.49. The number of ether oxygens (including phenoxy) is 1. The third-order valence-electron chi connectivity index (χ3n) is 4.48. The van der Waals surface area contributed by atoms with E-state index in [2.05, 4.69) is 15.3 Å². The lowest BCUT2D eigenvalue weighted by Gasteiger charge is -2.35. The SMILES string of the molecule is CC(=O)Nc1cccc(C(=O)OC(C)C(=O)N2CCN(c3ncccn3)CC2)c1. The maximum Gasteiger partial charge on any atom is 0.338 e. The van der Waals surface area contributed by atoms with E-state index in [4.69, 9.17) is 4.74 Å². The molecule has 1 N–H and O–H groups in total. The van der Waals surface area contributed by atoms with Crippen LogP contribution in [0.1, 0.15) is 24.2 Å². The van der Waals surface area contributed by atoms with E-state index >= 15 is 0 Å². The van der Waals surface area contributed by atoms with Gasteiger partial charge in [0.15, 0.2) is 6.10 Å². The molecule has 1 saturated heterocycles. The van der Waals surface area contributed by atoms with E-state index in [1.165, 1.54) is 13.0 Å². The maximum atomic E-state index is 12.7. The van der Waals surface area contributed by atoms with E-state index in [0.29, 0.717) is 37.8 Å². The quantitative estimate of drug-likeness (QED) is 0.759. The molecular formula is C20H23N5O4. The molecule has 2 heterocycles. The summed E-state index contributed by atoms with van der Waals surface area (Å²) in [5.41, 5.74) is 0.757. The Morgan fingerprint density at radius 3 is 2.41 bits per heavy atom. The van der Waals surface area contributed by atoms with Crippen LogP contribution in [0.3, 0.4) is 0 Å². The Balaban J connectivity index is 1.54. The largest absolute Gasteiger partial charge is 0.449 e. The summed E-state index contributed by atoms with van der Waals surface area (Å²) in [5, 5.41) is 2.61. The van der Waals surface area contributed by atoms with Crippen LogP contribution in [-0.2, 0) is 14.3 Å². The van der Waals surface area contributed by atoms with Crippen molar-refractivity contribution in [2.24, 2.45) is 0 Å². The molecule has 3 rings (SSSR count). The molecule has 0 saturated carbocycles. The number of nitrogens with zero attached hydrogens (tertiary/aromatic N) is 4. The Morgan fingerprint density at radius 1 is 1.07 bits per heavy atom. The van der Waals surface area contributed by atoms with Gasteiger partial charge >= 0.3 is 5.97 Å². The minimum absolute atomic E-state index is 0.237. The van der Waals surface area contributed by atoms with Gasteiger partial charge in [-0.1, -0.05) is 6.07 Å². The van der Waals surface area contributed by atoms with Crippen molar-refractivity contribution in [1.29, 1.82) is 0 Å². The fourth-order valence-electron chi connectivity index (χ4n) is 3.04. The van der Waals surface area contributed by atoms with Gasteiger partial charge < -0.3 is 19.9 Å². The molecule has 0 radical (unpaired) electrons. The van der Waals surface area contributed by atoms with E-state index in [9.17, 15) is 14.4 Å². The standard InChI is InChI=1S/C20H23N5O4/c1-14(29-19(28)16-5-3-6-17(13-16)23-15(2)26)18(27)24-9-11-25(12-10-24)20-21-7-4-8-22-20/h3-8,13-14H,9-12H2,1-2H3,(H,23,26). The molecule has 1 aliphatic heterocycles. The highest BCUT2D eigenvalue weighted by Crippen LogP contribution is 2.15. The summed E-state index contributed by atoms with van der Waals surface area (Å²) in [4.78, 5) is 48.3. The zero-order valence-corrected chi connectivity index (χ0v) is 16.4. The first-order valence-corrected chi connectivity index (χ1v) is 9.33. The molecule has 2 amide bonds. The second-order valence-electron chi connectivity index (χ2n) is 6.67. The van der Waals surface area contributed by atoms with Crippen LogP contribution in [0, 0.1) is 0 Å². The lowest BCUT2D eigenvalue weighted by Crippen LogP contribution is -2.52. The number of piperazine rings is 1. The first-order valence-electron chi connectivity index (χ1n) is 9.33. The van der Waals surface area contributed by atoms with Crippen molar-refractivity contribution in [2.75, 3.05) is 36.4 Å². The number of esters is 1. The average molecular weight is 397 g/mol. The molecule has 1 aromatic carbocycles. The topological polar surface area (TPSA) is 105 Å². The fraction of sp³-hybridized carbons (Fsp3) is 0.350. The average Bonchev–Trinajstić information content (AvgIpc) is 2.73. The number of nitrogens with one attached hydrogen (secondary N) is 1. The summed E-state index contributed by atoms with van der Waals surface area (Å²) in [6, 6.07) is 8.15. The lowest BCUT2D eigenvalue weighted by molar-refractivity contribution is -0.140. The number of rotatable bonds is 5. The van der Waals surface area contributed by atoms with E-state index < -0.39 is 12.1 Å². The maximum absolute atomic E-state index is 12.7. The van der Waals surface area contributed by atoms with Crippen LogP contribution in [0.5, 0.6) is 0 Å². The van der Waals surface area contributed by atoms with Crippen molar-refractivity contribution >= 4 is 29.4 Å². The molecule has 1 atom stereocenters. The third kappa shape index (κ3) is 5.28. The highest BCUT2D eigenvalue weighted by molar-refractivity contribution is 5.95. The number of aromatic nitrogens is 2. The van der Waals surface area contributed by atoms with Crippen molar-refractivity contribution in [3.05, 3.63) is 48.3 Å². The van der Waals surface area contributed by atoms with E-state index in [1.807, 2.05) is 4.90 Å². The van der Waals surface area contributed by atoms with Crippen LogP contribution in [0.25, 0.3) is 0 Å². The highest BCUT2D eigenvalue weighted by atomic mass is 16.5. The first-order chi connectivity index (χ1) is 13.9. The molecule has 1 unspecified atom stereocenters. The third-order valence-corrected chi connectivity index (χ3v) is 4.48. The monoisotopic (exact) mass is 397 g/mol. The summed E-state index contributed by atoms with van der Waals surface area (Å²) < 4.78 is 5.34. The number of hydrogen-bond acceptors (Lipinski definition) is 7. The van der Waals surface area contributed by atoms with Crippen LogP contribution in [-0.4, -0.2) is 64.9 Å². The van der Waals surface area contributed by atoms with Gasteiger partial charge in [0.1, 0.15) is 0 Å². The van der Waals surface area contributed by atoms with Crippen molar-refractivity contribution in [1.82, 2.24) is 14.9 Å². The second-order valence-corrected chi connectivity index (χ2v) is 6.67. The summed E-state index contributed by atoms with van der Waals surface area (Å²) in [6.45, 7) is 5.15. The van der Waals surface area contributed by atoms with Crippen LogP contribution < -0.4 is 10.2 Å². The zero-order chi connectivity index (χ0) is 20.8. The normalized spacial score (nSPS) is 14.8. The smallest absolute Gasteiger partial charge is 0.338 e. The first kappa shape index (κ1) is 20.2. The fourth-order valence-corrected chi connectivity index (χ4v) is 3.04. The van der Waals surface area contributed by atoms with Crippen molar-refractivity contribution in [3.63, 3.8) is 0 Å². The molecule has 0 bridgehead atoms. The molecule has 1 aliphatic rings. The van der Waals surface area contributed by atoms with Crippen LogP contribution >= 0.6 is 0 Å². The molecule has 1 fully saturated rings. The number of anilines is 2. The van der Waals surface area contributed by atoms with Crippen LogP contribution in [0.2, 0.25) is 0 Å². The number of carbonyl (C=O) groups is 3. The van der Waals surface area contributed by atoms with E-state index in [-0.39, 0.29) is 17.4 Å². The van der Waals surface area contributed by atoms with Gasteiger partial charge in [0.2, 0.25) is 11.9 Å². The van der Waals surface area contributed by atoms with Gasteiger partial charge in [-0.05, 0) is 31.2 Å². The molecule has 152 valence electrons. The van der Waals surface area contributed by atoms with Gasteiger partial charge in [-0.2, -0.15) is 0 Å². The highest BCUT2D eigenvalue weighted by Gasteiger charge is 2.28. The summed E-state index contributed by atoms with van der Waals surface area (Å²) in [5.74, 6) is -0.461. The van der Waals surface area contributed by atoms with Crippen LogP contribution in [0.15, 0.2) is 42.7 Å². The second kappa shape index (κ2) is 9.13. The summed E-state index contributed by atoms with van der Waals surface area (Å²) >= 11 is 0. The predicted octanol–water partition coefficient (Wildman–Crippen LogP) is 1.33. The predicted molar refractivity (Wildman–Crippen MR) is 106 cm³/mol. The number of amides is 2. The Bertz CT molecular complexity index is 881. The lowest BCUT2D eigenvalue weighted by atomic mass is 10.2. The summed E-state index contributed by atoms with van der Waals surface area (Å²) in [6.07, 6.45) is 2.46. The number of benzene rings is 1. The minimum atomic E-state index is -0.911. The molecule has 2 aromatic rings. The number of hydrogen-bond donors (Lipinski definition) is 1. The van der Waals surface area contributed by atoms with Crippen LogP contribution in [0.4, 0.5) is 11.6 Å². The van der Waals surface area contributed by atoms with Crippen molar-refractivity contribution in [2.45, 2.75) is 20.0 Å². The Kier molecular flexibility index (Phi) is 6.38. The molecule has 1 aromatic heterocycles. The Labute approximate surface area is 168 Å².